The van der Waals surface area contributed by atoms with Gasteiger partial charge in [-0.1, -0.05) is 6.07 Å². The summed E-state index contributed by atoms with van der Waals surface area (Å²) in [6.07, 6.45) is -4.73. The molecule has 0 atom stereocenters. The van der Waals surface area contributed by atoms with Crippen LogP contribution in [-0.2, 0) is 6.18 Å². The third-order valence-corrected chi connectivity index (χ3v) is 5.73. The number of hydrogen-bond acceptors (Lipinski definition) is 5. The van der Waals surface area contributed by atoms with Crippen LogP contribution < -0.4 is 20.1 Å². The van der Waals surface area contributed by atoms with Crippen LogP contribution in [0.25, 0.3) is 10.9 Å². The zero-order valence-electron chi connectivity index (χ0n) is 19.5. The molecule has 10 heteroatoms. The van der Waals surface area contributed by atoms with Crippen molar-refractivity contribution in [2.75, 3.05) is 23.8 Å². The van der Waals surface area contributed by atoms with Gasteiger partial charge in [0.1, 0.15) is 13.2 Å². The highest BCUT2D eigenvalue weighted by Gasteiger charge is 2.34. The van der Waals surface area contributed by atoms with Gasteiger partial charge in [0, 0.05) is 27.9 Å². The number of carbonyl (C=O) groups is 2. The topological polar surface area (TPSA) is 89.6 Å². The Kier molecular flexibility index (Phi) is 6.16. The van der Waals surface area contributed by atoms with Gasteiger partial charge in [-0.2, -0.15) is 13.2 Å². The molecule has 1 aliphatic rings. The summed E-state index contributed by atoms with van der Waals surface area (Å²) in [6.45, 7) is 2.57. The molecule has 188 valence electrons. The summed E-state index contributed by atoms with van der Waals surface area (Å²) in [4.78, 5) is 30.0. The lowest BCUT2D eigenvalue weighted by Crippen LogP contribution is -2.18. The van der Waals surface area contributed by atoms with Gasteiger partial charge >= 0.3 is 6.18 Å². The van der Waals surface area contributed by atoms with E-state index >= 15 is 0 Å². The average Bonchev–Trinajstić information content (AvgIpc) is 2.87. The predicted octanol–water partition coefficient (Wildman–Crippen LogP) is 5.84. The molecule has 0 fully saturated rings. The number of hydrogen-bond donors (Lipinski definition) is 2. The summed E-state index contributed by atoms with van der Waals surface area (Å²) >= 11 is 0. The number of anilines is 2. The Hall–Kier alpha value is -4.60. The van der Waals surface area contributed by atoms with E-state index in [1.807, 2.05) is 6.92 Å². The van der Waals surface area contributed by atoms with Crippen molar-refractivity contribution in [2.24, 2.45) is 0 Å². The number of pyridine rings is 1. The minimum absolute atomic E-state index is 0.0707. The Morgan fingerprint density at radius 1 is 0.811 bits per heavy atom. The van der Waals surface area contributed by atoms with E-state index in [0.29, 0.717) is 35.6 Å². The molecule has 2 amide bonds. The second-order valence-electron chi connectivity index (χ2n) is 8.38. The molecule has 5 rings (SSSR count). The van der Waals surface area contributed by atoms with Gasteiger partial charge < -0.3 is 20.1 Å². The van der Waals surface area contributed by atoms with E-state index in [0.717, 1.165) is 23.9 Å². The van der Waals surface area contributed by atoms with Crippen molar-refractivity contribution in [3.05, 3.63) is 89.1 Å². The molecule has 0 spiro atoms. The van der Waals surface area contributed by atoms with Crippen LogP contribution in [0.1, 0.15) is 32.0 Å². The average molecular weight is 507 g/mol. The van der Waals surface area contributed by atoms with E-state index < -0.39 is 29.2 Å². The molecule has 1 aromatic heterocycles. The van der Waals surface area contributed by atoms with Crippen molar-refractivity contribution in [1.29, 1.82) is 0 Å². The van der Waals surface area contributed by atoms with Crippen molar-refractivity contribution in [1.82, 2.24) is 4.98 Å². The van der Waals surface area contributed by atoms with E-state index in [-0.39, 0.29) is 16.8 Å². The van der Waals surface area contributed by atoms with E-state index in [4.69, 9.17) is 9.47 Å². The lowest BCUT2D eigenvalue weighted by molar-refractivity contribution is -0.136. The smallest absolute Gasteiger partial charge is 0.418 e. The second kappa shape index (κ2) is 9.45. The van der Waals surface area contributed by atoms with Crippen LogP contribution in [0.3, 0.4) is 0 Å². The number of ether oxygens (including phenoxy) is 2. The molecule has 37 heavy (non-hydrogen) atoms. The molecule has 7 nitrogen and oxygen atoms in total. The van der Waals surface area contributed by atoms with E-state index in [2.05, 4.69) is 15.6 Å². The number of aromatic nitrogens is 1. The number of nitrogens with zero attached hydrogens (tertiary/aromatic N) is 1. The first-order valence-corrected chi connectivity index (χ1v) is 11.3. The van der Waals surface area contributed by atoms with E-state index in [9.17, 15) is 22.8 Å². The Balaban J connectivity index is 1.40. The summed E-state index contributed by atoms with van der Waals surface area (Å²) in [5.74, 6) is -0.392. The lowest BCUT2D eigenvalue weighted by atomic mass is 10.1. The molecule has 0 saturated heterocycles. The maximum Gasteiger partial charge on any atom is 0.418 e. The van der Waals surface area contributed by atoms with Gasteiger partial charge in [0.05, 0.1) is 16.8 Å². The number of alkyl halides is 3. The number of nitrogens with one attached hydrogen (secondary N) is 2. The number of rotatable bonds is 4. The van der Waals surface area contributed by atoms with Crippen LogP contribution in [-0.4, -0.2) is 30.0 Å². The van der Waals surface area contributed by atoms with Crippen LogP contribution in [0, 0.1) is 6.92 Å². The maximum atomic E-state index is 13.7. The van der Waals surface area contributed by atoms with Crippen LogP contribution in [0.15, 0.2) is 66.7 Å². The van der Waals surface area contributed by atoms with Crippen molar-refractivity contribution in [3.63, 3.8) is 0 Å². The summed E-state index contributed by atoms with van der Waals surface area (Å²) in [7, 11) is 0. The fraction of sp³-hybridized carbons (Fsp3) is 0.148. The first-order chi connectivity index (χ1) is 17.7. The molecule has 3 aromatic carbocycles. The van der Waals surface area contributed by atoms with Gasteiger partial charge in [0.15, 0.2) is 11.5 Å². The molecule has 0 unspecified atom stereocenters. The molecule has 0 aliphatic carbocycles. The quantitative estimate of drug-likeness (QED) is 0.362. The molecule has 4 aromatic rings. The molecule has 2 N–H and O–H groups in total. The molecular weight excluding hydrogens is 487 g/mol. The first kappa shape index (κ1) is 24.1. The molecule has 2 heterocycles. The van der Waals surface area contributed by atoms with Crippen molar-refractivity contribution in [2.45, 2.75) is 13.1 Å². The number of halogens is 3. The molecule has 0 radical (unpaired) electrons. The normalized spacial score (nSPS) is 12.8. The number of aryl methyl sites for hydroxylation is 1. The van der Waals surface area contributed by atoms with E-state index in [1.165, 1.54) is 18.2 Å². The molecule has 0 saturated carbocycles. The van der Waals surface area contributed by atoms with Crippen LogP contribution >= 0.6 is 0 Å². The third-order valence-electron chi connectivity index (χ3n) is 5.73. The van der Waals surface area contributed by atoms with Gasteiger partial charge in [-0.3, -0.25) is 14.6 Å². The largest absolute Gasteiger partial charge is 0.486 e. The number of carbonyl (C=O) groups excluding carboxylic acids is 2. The van der Waals surface area contributed by atoms with Gasteiger partial charge in [-0.25, -0.2) is 0 Å². The van der Waals surface area contributed by atoms with Gasteiger partial charge in [-0.05, 0) is 67.6 Å². The third kappa shape index (κ3) is 5.18. The van der Waals surface area contributed by atoms with Gasteiger partial charge in [0.2, 0.25) is 0 Å². The predicted molar refractivity (Wildman–Crippen MR) is 131 cm³/mol. The highest BCUT2D eigenvalue weighted by atomic mass is 19.4. The molecule has 1 aliphatic heterocycles. The molecular formula is C27H20F3N3O4. The van der Waals surface area contributed by atoms with Crippen LogP contribution in [0.5, 0.6) is 11.5 Å². The highest BCUT2D eigenvalue weighted by molar-refractivity contribution is 6.08. The van der Waals surface area contributed by atoms with Crippen LogP contribution in [0.4, 0.5) is 24.5 Å². The Labute approximate surface area is 209 Å². The Morgan fingerprint density at radius 3 is 2.30 bits per heavy atom. The first-order valence-electron chi connectivity index (χ1n) is 11.3. The Bertz CT molecular complexity index is 1540. The van der Waals surface area contributed by atoms with Gasteiger partial charge in [-0.15, -0.1) is 0 Å². The number of fused-ring (bicyclic) bond motifs is 2. The zero-order chi connectivity index (χ0) is 26.2. The second-order valence-corrected chi connectivity index (χ2v) is 8.38. The van der Waals surface area contributed by atoms with Crippen molar-refractivity contribution >= 4 is 34.1 Å². The van der Waals surface area contributed by atoms with E-state index in [1.54, 1.807) is 30.3 Å². The lowest BCUT2D eigenvalue weighted by Gasteiger charge is -2.19. The summed E-state index contributed by atoms with van der Waals surface area (Å²) < 4.78 is 52.0. The molecule has 0 bridgehead atoms. The van der Waals surface area contributed by atoms with Crippen molar-refractivity contribution in [3.8, 4) is 11.5 Å². The highest BCUT2D eigenvalue weighted by Crippen LogP contribution is 2.37. The monoisotopic (exact) mass is 507 g/mol. The SMILES string of the molecule is Cc1ccc2cc(C(=O)Nc3cc(NC(=O)c4ccc5c(c4)OCCO5)ccc3C(F)(F)F)ccc2n1. The maximum absolute atomic E-state index is 13.7. The Morgan fingerprint density at radius 2 is 1.51 bits per heavy atom. The fourth-order valence-corrected chi connectivity index (χ4v) is 3.92. The summed E-state index contributed by atoms with van der Waals surface area (Å²) in [5.41, 5.74) is 0.398. The standard InChI is InChI=1S/C27H20F3N3O4/c1-15-2-3-16-12-17(4-8-21(16)31-15)26(35)33-22-14-19(6-7-20(22)27(28,29)30)32-25(34)18-5-9-23-24(13-18)37-11-10-36-23/h2-9,12-14H,10-11H2,1H3,(H,32,34)(H,33,35). The number of amides is 2. The minimum atomic E-state index is -4.73. The fourth-order valence-electron chi connectivity index (χ4n) is 3.92. The number of benzene rings is 3. The summed E-state index contributed by atoms with van der Waals surface area (Å²) in [5, 5.41) is 5.58. The van der Waals surface area contributed by atoms with Gasteiger partial charge in [0.25, 0.3) is 11.8 Å². The minimum Gasteiger partial charge on any atom is -0.486 e. The van der Waals surface area contributed by atoms with Crippen molar-refractivity contribution < 1.29 is 32.2 Å². The zero-order valence-corrected chi connectivity index (χ0v) is 19.5. The van der Waals surface area contributed by atoms with Crippen LogP contribution in [0.2, 0.25) is 0 Å². The summed E-state index contributed by atoms with van der Waals surface area (Å²) in [6, 6.07) is 15.8.